The van der Waals surface area contributed by atoms with E-state index in [1.54, 1.807) is 24.3 Å². The summed E-state index contributed by atoms with van der Waals surface area (Å²) in [5.74, 6) is -1.85. The van der Waals surface area contributed by atoms with Gasteiger partial charge in [-0.1, -0.05) is 30.0 Å². The molecule has 0 spiro atoms. The molecule has 1 atom stereocenters. The van der Waals surface area contributed by atoms with Gasteiger partial charge in [0.15, 0.2) is 0 Å². The average Bonchev–Trinajstić information content (AvgIpc) is 3.05. The molecule has 0 saturated carbocycles. The van der Waals surface area contributed by atoms with E-state index in [0.717, 1.165) is 13.1 Å². The largest absolute Gasteiger partial charge is 0.872 e. The van der Waals surface area contributed by atoms with Crippen molar-refractivity contribution < 1.29 is 28.7 Å². The van der Waals surface area contributed by atoms with E-state index in [1.807, 2.05) is 6.92 Å². The molecule has 170 valence electrons. The first-order valence-corrected chi connectivity index (χ1v) is 11.0. The number of rotatable bonds is 9. The number of quaternary nitrogens is 1. The lowest BCUT2D eigenvalue weighted by molar-refractivity contribution is -0.895. The van der Waals surface area contributed by atoms with Crippen molar-refractivity contribution in [3.05, 3.63) is 71.0 Å². The Balaban J connectivity index is 2.06. The summed E-state index contributed by atoms with van der Waals surface area (Å²) in [6, 6.07) is 11.3. The highest BCUT2D eigenvalue weighted by Gasteiger charge is 2.44. The number of benzene rings is 2. The molecule has 1 N–H and O–H groups in total. The number of carbonyl (C=O) groups is 2. The number of carbonyl (C=O) groups excluding carboxylic acids is 2. The van der Waals surface area contributed by atoms with E-state index in [0.29, 0.717) is 31.0 Å². The van der Waals surface area contributed by atoms with Crippen LogP contribution in [0.3, 0.4) is 0 Å². The minimum absolute atomic E-state index is 0.0969. The van der Waals surface area contributed by atoms with Gasteiger partial charge >= 0.3 is 0 Å². The molecule has 1 heterocycles. The smallest absolute Gasteiger partial charge is 0.295 e. The second-order valence-electron chi connectivity index (χ2n) is 7.69. The molecule has 1 saturated heterocycles. The molecular weight excluding hydrogens is 411 g/mol. The third-order valence-corrected chi connectivity index (χ3v) is 5.85. The van der Waals surface area contributed by atoms with Crippen LogP contribution in [0.1, 0.15) is 37.9 Å². The fraction of sp³-hybridized carbons (Fsp3) is 0.360. The van der Waals surface area contributed by atoms with Crippen LogP contribution in [-0.2, 0) is 9.59 Å². The summed E-state index contributed by atoms with van der Waals surface area (Å²) in [6.07, 6.45) is 0. The van der Waals surface area contributed by atoms with Crippen LogP contribution in [0.25, 0.3) is 5.76 Å². The minimum Gasteiger partial charge on any atom is -0.872 e. The second-order valence-corrected chi connectivity index (χ2v) is 7.69. The van der Waals surface area contributed by atoms with Crippen LogP contribution in [0, 0.1) is 5.82 Å². The molecule has 0 radical (unpaired) electrons. The number of Topliss-reactive ketones (excluding diaryl/α,β-unsaturated/α-hetero) is 1. The molecule has 1 unspecified atom stereocenters. The van der Waals surface area contributed by atoms with Crippen LogP contribution in [0.5, 0.6) is 5.75 Å². The Labute approximate surface area is 187 Å². The van der Waals surface area contributed by atoms with Crippen LogP contribution in [0.2, 0.25) is 0 Å². The lowest BCUT2D eigenvalue weighted by atomic mass is 9.95. The SMILES string of the molecule is CCOc1ccc(C2C(=C([O-])c3ccc(F)cc3)C(=O)C(=O)N2CC[NH+](CC)CC)cc1. The number of halogens is 1. The lowest BCUT2D eigenvalue weighted by Gasteiger charge is -2.28. The van der Waals surface area contributed by atoms with E-state index in [1.165, 1.54) is 34.1 Å². The molecule has 1 amide bonds. The topological polar surface area (TPSA) is 74.1 Å². The first kappa shape index (κ1) is 23.5. The standard InChI is InChI=1S/C25H29FN2O4/c1-4-27(5-2)15-16-28-22(17-9-13-20(14-10-17)32-6-3)21(24(30)25(28)31)23(29)18-7-11-19(26)12-8-18/h7-14,22,29H,4-6,15-16H2,1-3H3. The molecule has 6 nitrogen and oxygen atoms in total. The van der Waals surface area contributed by atoms with E-state index in [2.05, 4.69) is 13.8 Å². The van der Waals surface area contributed by atoms with E-state index in [-0.39, 0.29) is 11.1 Å². The van der Waals surface area contributed by atoms with Gasteiger partial charge < -0.3 is 19.6 Å². The number of nitrogens with zero attached hydrogens (tertiary/aromatic N) is 1. The summed E-state index contributed by atoms with van der Waals surface area (Å²) in [4.78, 5) is 28.7. The number of ketones is 1. The maximum Gasteiger partial charge on any atom is 0.295 e. The van der Waals surface area contributed by atoms with Gasteiger partial charge in [-0.15, -0.1) is 0 Å². The molecular formula is C25H29FN2O4. The van der Waals surface area contributed by atoms with Crippen LogP contribution in [-0.4, -0.2) is 49.4 Å². The highest BCUT2D eigenvalue weighted by molar-refractivity contribution is 6.46. The highest BCUT2D eigenvalue weighted by atomic mass is 19.1. The second kappa shape index (κ2) is 10.4. The van der Waals surface area contributed by atoms with E-state index >= 15 is 0 Å². The lowest BCUT2D eigenvalue weighted by Crippen LogP contribution is -3.12. The summed E-state index contributed by atoms with van der Waals surface area (Å²) in [5.41, 5.74) is 0.739. The average molecular weight is 441 g/mol. The van der Waals surface area contributed by atoms with E-state index in [9.17, 15) is 19.1 Å². The van der Waals surface area contributed by atoms with Gasteiger partial charge in [0.1, 0.15) is 11.6 Å². The summed E-state index contributed by atoms with van der Waals surface area (Å²) in [7, 11) is 0. The summed E-state index contributed by atoms with van der Waals surface area (Å²) in [5, 5.41) is 13.3. The maximum atomic E-state index is 13.4. The van der Waals surface area contributed by atoms with E-state index < -0.39 is 29.3 Å². The first-order valence-electron chi connectivity index (χ1n) is 11.0. The highest BCUT2D eigenvalue weighted by Crippen LogP contribution is 2.38. The Morgan fingerprint density at radius 3 is 2.22 bits per heavy atom. The van der Waals surface area contributed by atoms with Crippen LogP contribution >= 0.6 is 0 Å². The molecule has 1 aliphatic heterocycles. The Kier molecular flexibility index (Phi) is 7.64. The zero-order valence-electron chi connectivity index (χ0n) is 18.7. The number of hydrogen-bond acceptors (Lipinski definition) is 4. The van der Waals surface area contributed by atoms with Gasteiger partial charge in [-0.25, -0.2) is 4.39 Å². The van der Waals surface area contributed by atoms with Crippen molar-refractivity contribution in [3.63, 3.8) is 0 Å². The minimum atomic E-state index is -0.798. The number of nitrogens with one attached hydrogen (secondary N) is 1. The number of likely N-dealkylation sites (tertiary alicyclic amines) is 1. The van der Waals surface area contributed by atoms with Crippen molar-refractivity contribution >= 4 is 17.4 Å². The Hall–Kier alpha value is -3.19. The predicted molar refractivity (Wildman–Crippen MR) is 117 cm³/mol. The van der Waals surface area contributed by atoms with Crippen molar-refractivity contribution in [2.75, 3.05) is 32.8 Å². The van der Waals surface area contributed by atoms with Gasteiger partial charge in [0.25, 0.3) is 5.91 Å². The normalized spacial score (nSPS) is 17.9. The predicted octanol–water partition coefficient (Wildman–Crippen LogP) is 1.37. The van der Waals surface area contributed by atoms with E-state index in [4.69, 9.17) is 4.74 Å². The monoisotopic (exact) mass is 440 g/mol. The van der Waals surface area contributed by atoms with Crippen molar-refractivity contribution in [1.82, 2.24) is 4.90 Å². The Morgan fingerprint density at radius 1 is 1.03 bits per heavy atom. The van der Waals surface area contributed by atoms with Gasteiger partial charge in [0, 0.05) is 5.57 Å². The fourth-order valence-corrected chi connectivity index (χ4v) is 4.00. The molecule has 2 aromatic rings. The molecule has 0 aliphatic carbocycles. The third-order valence-electron chi connectivity index (χ3n) is 5.85. The zero-order chi connectivity index (χ0) is 23.3. The van der Waals surface area contributed by atoms with Crippen LogP contribution < -0.4 is 14.7 Å². The molecule has 1 aliphatic rings. The molecule has 3 rings (SSSR count). The number of amides is 1. The number of likely N-dealkylation sites (N-methyl/N-ethyl adjacent to an activating group) is 1. The fourth-order valence-electron chi connectivity index (χ4n) is 4.00. The van der Waals surface area contributed by atoms with Crippen LogP contribution in [0.15, 0.2) is 54.1 Å². The molecule has 32 heavy (non-hydrogen) atoms. The molecule has 0 bridgehead atoms. The number of hydrogen-bond donors (Lipinski definition) is 1. The van der Waals surface area contributed by atoms with Gasteiger partial charge in [-0.05, 0) is 56.2 Å². The first-order chi connectivity index (χ1) is 15.4. The number of ether oxygens (including phenoxy) is 1. The van der Waals surface area contributed by atoms with Crippen molar-refractivity contribution in [3.8, 4) is 5.75 Å². The zero-order valence-corrected chi connectivity index (χ0v) is 18.7. The maximum absolute atomic E-state index is 13.4. The van der Waals surface area contributed by atoms with Crippen molar-refractivity contribution in [2.24, 2.45) is 0 Å². The van der Waals surface area contributed by atoms with Crippen molar-refractivity contribution in [2.45, 2.75) is 26.8 Å². The Bertz CT molecular complexity index is 982. The Morgan fingerprint density at radius 2 is 1.66 bits per heavy atom. The molecule has 1 fully saturated rings. The van der Waals surface area contributed by atoms with Gasteiger partial charge in [-0.2, -0.15) is 0 Å². The van der Waals surface area contributed by atoms with Gasteiger partial charge in [0.2, 0.25) is 5.78 Å². The third kappa shape index (κ3) is 4.83. The molecule has 7 heteroatoms. The van der Waals surface area contributed by atoms with Crippen molar-refractivity contribution in [1.29, 1.82) is 0 Å². The van der Waals surface area contributed by atoms with Gasteiger partial charge in [0.05, 0.1) is 38.8 Å². The quantitative estimate of drug-likeness (QED) is 0.363. The summed E-state index contributed by atoms with van der Waals surface area (Å²) < 4.78 is 18.8. The molecule has 2 aromatic carbocycles. The summed E-state index contributed by atoms with van der Waals surface area (Å²) in [6.45, 7) is 9.32. The molecule has 0 aromatic heterocycles. The summed E-state index contributed by atoms with van der Waals surface area (Å²) >= 11 is 0. The van der Waals surface area contributed by atoms with Gasteiger partial charge in [-0.3, -0.25) is 9.59 Å². The van der Waals surface area contributed by atoms with Crippen LogP contribution in [0.4, 0.5) is 4.39 Å².